The van der Waals surface area contributed by atoms with Gasteiger partial charge in [0.25, 0.3) is 5.91 Å². The first-order valence-corrected chi connectivity index (χ1v) is 8.43. The molecule has 3 rings (SSSR count). The van der Waals surface area contributed by atoms with Crippen molar-refractivity contribution in [3.63, 3.8) is 0 Å². The Kier molecular flexibility index (Phi) is 4.90. The summed E-state index contributed by atoms with van der Waals surface area (Å²) in [5.41, 5.74) is 1.11. The summed E-state index contributed by atoms with van der Waals surface area (Å²) in [4.78, 5) is 32.3. The maximum atomic E-state index is 12.4. The number of nitrogens with zero attached hydrogens (tertiary/aromatic N) is 2. The Labute approximate surface area is 147 Å². The van der Waals surface area contributed by atoms with Crippen LogP contribution in [-0.2, 0) is 4.74 Å². The number of aromatic nitrogens is 2. The number of rotatable bonds is 5. The summed E-state index contributed by atoms with van der Waals surface area (Å²) in [6, 6.07) is 9.30. The van der Waals surface area contributed by atoms with E-state index in [2.05, 4.69) is 15.3 Å². The highest BCUT2D eigenvalue weighted by Gasteiger charge is 2.20. The fourth-order valence-corrected chi connectivity index (χ4v) is 2.77. The molecule has 0 spiro atoms. The molecule has 0 aliphatic carbocycles. The van der Waals surface area contributed by atoms with Gasteiger partial charge in [-0.2, -0.15) is 0 Å². The van der Waals surface area contributed by atoms with Gasteiger partial charge in [0, 0.05) is 10.9 Å². The quantitative estimate of drug-likeness (QED) is 0.702. The van der Waals surface area contributed by atoms with Crippen molar-refractivity contribution in [2.24, 2.45) is 0 Å². The van der Waals surface area contributed by atoms with Crippen LogP contribution < -0.4 is 5.32 Å². The van der Waals surface area contributed by atoms with Crippen LogP contribution in [0, 0.1) is 6.92 Å². The van der Waals surface area contributed by atoms with Gasteiger partial charge in [-0.15, -0.1) is 11.3 Å². The third kappa shape index (κ3) is 3.74. The van der Waals surface area contributed by atoms with Crippen LogP contribution in [0.3, 0.4) is 0 Å². The molecule has 3 aromatic rings. The normalized spacial score (nSPS) is 10.5. The predicted molar refractivity (Wildman–Crippen MR) is 92.7 cm³/mol. The molecule has 0 saturated carbocycles. The van der Waals surface area contributed by atoms with Crippen molar-refractivity contribution in [3.05, 3.63) is 52.9 Å². The molecular formula is C17H15N3O4S. The lowest BCUT2D eigenvalue weighted by molar-refractivity contribution is 0.0520. The zero-order chi connectivity index (χ0) is 17.8. The predicted octanol–water partition coefficient (Wildman–Crippen LogP) is 3.54. The summed E-state index contributed by atoms with van der Waals surface area (Å²) < 4.78 is 10.4. The number of carbonyl (C=O) groups is 2. The second-order valence-corrected chi connectivity index (χ2v) is 5.86. The van der Waals surface area contributed by atoms with E-state index < -0.39 is 11.9 Å². The largest absolute Gasteiger partial charge is 0.461 e. The lowest BCUT2D eigenvalue weighted by Crippen LogP contribution is -2.14. The van der Waals surface area contributed by atoms with Gasteiger partial charge in [-0.05, 0) is 26.0 Å². The third-order valence-corrected chi connectivity index (χ3v) is 4.00. The van der Waals surface area contributed by atoms with E-state index in [4.69, 9.17) is 9.15 Å². The Morgan fingerprint density at radius 3 is 2.72 bits per heavy atom. The Bertz CT molecular complexity index is 902. The third-order valence-electron chi connectivity index (χ3n) is 3.24. The number of ether oxygens (including phenoxy) is 1. The van der Waals surface area contributed by atoms with Gasteiger partial charge in [-0.3, -0.25) is 10.1 Å². The number of anilines is 1. The number of esters is 1. The van der Waals surface area contributed by atoms with E-state index in [0.29, 0.717) is 11.7 Å². The van der Waals surface area contributed by atoms with Crippen LogP contribution in [-0.4, -0.2) is 28.5 Å². The fourth-order valence-electron chi connectivity index (χ4n) is 2.10. The number of oxazole rings is 1. The van der Waals surface area contributed by atoms with Gasteiger partial charge in [0.05, 0.1) is 6.61 Å². The number of carbonyl (C=O) groups excluding carboxylic acids is 2. The summed E-state index contributed by atoms with van der Waals surface area (Å²) in [5, 5.41) is 4.43. The van der Waals surface area contributed by atoms with Gasteiger partial charge in [0.2, 0.25) is 5.89 Å². The van der Waals surface area contributed by atoms with Gasteiger partial charge in [0.15, 0.2) is 16.5 Å². The van der Waals surface area contributed by atoms with Crippen LogP contribution in [0.15, 0.2) is 40.1 Å². The van der Waals surface area contributed by atoms with E-state index in [1.54, 1.807) is 13.8 Å². The van der Waals surface area contributed by atoms with Crippen molar-refractivity contribution >= 4 is 28.3 Å². The Balaban J connectivity index is 1.76. The highest BCUT2D eigenvalue weighted by atomic mass is 32.1. The average Bonchev–Trinajstić information content (AvgIpc) is 3.23. The first-order chi connectivity index (χ1) is 12.1. The fraction of sp³-hybridized carbons (Fsp3) is 0.176. The average molecular weight is 357 g/mol. The van der Waals surface area contributed by atoms with Gasteiger partial charge in [0.1, 0.15) is 5.76 Å². The first-order valence-electron chi connectivity index (χ1n) is 7.55. The molecule has 128 valence electrons. The van der Waals surface area contributed by atoms with E-state index >= 15 is 0 Å². The molecule has 1 amide bonds. The minimum absolute atomic E-state index is 0.156. The molecule has 7 nitrogen and oxygen atoms in total. The van der Waals surface area contributed by atoms with E-state index in [9.17, 15) is 9.59 Å². The van der Waals surface area contributed by atoms with Crippen LogP contribution in [0.5, 0.6) is 0 Å². The van der Waals surface area contributed by atoms with Crippen LogP contribution >= 0.6 is 11.3 Å². The second-order valence-electron chi connectivity index (χ2n) is 5.00. The summed E-state index contributed by atoms with van der Waals surface area (Å²) in [5.74, 6) is -0.204. The number of hydrogen-bond acceptors (Lipinski definition) is 7. The van der Waals surface area contributed by atoms with Gasteiger partial charge in [-0.1, -0.05) is 18.2 Å². The molecule has 0 unspecified atom stereocenters. The van der Waals surface area contributed by atoms with Crippen molar-refractivity contribution in [2.75, 3.05) is 11.9 Å². The first kappa shape index (κ1) is 16.8. The highest BCUT2D eigenvalue weighted by molar-refractivity contribution is 7.14. The monoisotopic (exact) mass is 357 g/mol. The summed E-state index contributed by atoms with van der Waals surface area (Å²) >= 11 is 1.13. The van der Waals surface area contributed by atoms with Crippen molar-refractivity contribution in [1.29, 1.82) is 0 Å². The molecule has 1 N–H and O–H groups in total. The smallest absolute Gasteiger partial charge is 0.357 e. The van der Waals surface area contributed by atoms with Crippen molar-refractivity contribution in [2.45, 2.75) is 13.8 Å². The standard InChI is InChI=1S/C17H15N3O4S/c1-3-23-16(22)12-9-25-17(18-12)20-14(21)13-10(2)24-15(19-13)11-7-5-4-6-8-11/h4-9H,3H2,1-2H3,(H,18,20,21). The molecule has 0 saturated heterocycles. The number of hydrogen-bond donors (Lipinski definition) is 1. The van der Waals surface area contributed by atoms with E-state index in [-0.39, 0.29) is 23.1 Å². The molecule has 0 aliphatic rings. The molecule has 1 aromatic carbocycles. The summed E-state index contributed by atoms with van der Waals surface area (Å²) in [6.07, 6.45) is 0. The minimum atomic E-state index is -0.525. The zero-order valence-electron chi connectivity index (χ0n) is 13.6. The molecule has 0 bridgehead atoms. The maximum Gasteiger partial charge on any atom is 0.357 e. The molecule has 2 aromatic heterocycles. The Morgan fingerprint density at radius 1 is 1.24 bits per heavy atom. The second kappa shape index (κ2) is 7.27. The Hall–Kier alpha value is -3.00. The Morgan fingerprint density at radius 2 is 2.00 bits per heavy atom. The van der Waals surface area contributed by atoms with E-state index in [1.165, 1.54) is 5.38 Å². The van der Waals surface area contributed by atoms with Crippen LogP contribution in [0.25, 0.3) is 11.5 Å². The molecular weight excluding hydrogens is 342 g/mol. The minimum Gasteiger partial charge on any atom is -0.461 e. The van der Waals surface area contributed by atoms with E-state index in [1.807, 2.05) is 30.3 Å². The number of nitrogens with one attached hydrogen (secondary N) is 1. The van der Waals surface area contributed by atoms with Crippen molar-refractivity contribution in [1.82, 2.24) is 9.97 Å². The lowest BCUT2D eigenvalue weighted by atomic mass is 10.2. The molecule has 0 atom stereocenters. The molecule has 0 radical (unpaired) electrons. The summed E-state index contributed by atoms with van der Waals surface area (Å²) in [7, 11) is 0. The van der Waals surface area contributed by atoms with Crippen molar-refractivity contribution < 1.29 is 18.7 Å². The number of benzene rings is 1. The van der Waals surface area contributed by atoms with Crippen LogP contribution in [0.1, 0.15) is 33.7 Å². The summed E-state index contributed by atoms with van der Waals surface area (Å²) in [6.45, 7) is 3.64. The molecule has 2 heterocycles. The van der Waals surface area contributed by atoms with Crippen molar-refractivity contribution in [3.8, 4) is 11.5 Å². The molecule has 0 aliphatic heterocycles. The number of aryl methyl sites for hydroxylation is 1. The topological polar surface area (TPSA) is 94.3 Å². The maximum absolute atomic E-state index is 12.4. The molecule has 0 fully saturated rings. The van der Waals surface area contributed by atoms with Gasteiger partial charge < -0.3 is 9.15 Å². The number of amides is 1. The van der Waals surface area contributed by atoms with Crippen LogP contribution in [0.2, 0.25) is 0 Å². The number of thiazole rings is 1. The molecule has 8 heteroatoms. The van der Waals surface area contributed by atoms with E-state index in [0.717, 1.165) is 16.9 Å². The van der Waals surface area contributed by atoms with Gasteiger partial charge >= 0.3 is 5.97 Å². The molecule has 25 heavy (non-hydrogen) atoms. The van der Waals surface area contributed by atoms with Crippen LogP contribution in [0.4, 0.5) is 5.13 Å². The van der Waals surface area contributed by atoms with Gasteiger partial charge in [-0.25, -0.2) is 14.8 Å². The SMILES string of the molecule is CCOC(=O)c1csc(NC(=O)c2nc(-c3ccccc3)oc2C)n1. The highest BCUT2D eigenvalue weighted by Crippen LogP contribution is 2.23. The zero-order valence-corrected chi connectivity index (χ0v) is 14.4. The lowest BCUT2D eigenvalue weighted by Gasteiger charge is -1.98.